The van der Waals surface area contributed by atoms with Gasteiger partial charge in [-0.25, -0.2) is 4.98 Å². The summed E-state index contributed by atoms with van der Waals surface area (Å²) in [7, 11) is 0. The topological polar surface area (TPSA) is 63.9 Å². The zero-order valence-electron chi connectivity index (χ0n) is 14.6. The molecule has 0 aliphatic carbocycles. The molecule has 1 fully saturated rings. The molecule has 4 aromatic rings. The van der Waals surface area contributed by atoms with E-state index in [1.54, 1.807) is 23.2 Å². The van der Waals surface area contributed by atoms with E-state index in [4.69, 9.17) is 4.74 Å². The highest BCUT2D eigenvalue weighted by Gasteiger charge is 2.22. The molecule has 5 rings (SSSR count). The largest absolute Gasteiger partial charge is 0.378 e. The molecule has 0 radical (unpaired) electrons. The summed E-state index contributed by atoms with van der Waals surface area (Å²) in [5, 5.41) is 2.55. The Kier molecular flexibility index (Phi) is 3.65. The number of benzene rings is 2. The minimum atomic E-state index is -0.169. The van der Waals surface area contributed by atoms with Gasteiger partial charge in [-0.05, 0) is 35.0 Å². The van der Waals surface area contributed by atoms with Gasteiger partial charge in [0, 0.05) is 19.3 Å². The molecule has 0 saturated carbocycles. The number of carbonyl (C=O) groups excluding carboxylic acids is 1. The lowest BCUT2D eigenvalue weighted by Gasteiger charge is -2.27. The third kappa shape index (κ3) is 2.57. The Morgan fingerprint density at radius 3 is 2.52 bits per heavy atom. The lowest BCUT2D eigenvalue weighted by molar-refractivity contribution is 0.0304. The number of aromatic nitrogens is 2. The van der Waals surface area contributed by atoms with E-state index in [1.165, 1.54) is 4.40 Å². The number of carbonyl (C=O) groups is 1. The predicted molar refractivity (Wildman–Crippen MR) is 103 cm³/mol. The summed E-state index contributed by atoms with van der Waals surface area (Å²) in [6, 6.07) is 15.1. The molecule has 2 aromatic carbocycles. The highest BCUT2D eigenvalue weighted by atomic mass is 16.5. The standard InChI is InChI=1S/C21H17N3O3/c25-20(23-8-10-27-11-9-23)16-6-3-7-24-19(16)22-18-13-15-5-2-1-4-14(15)12-17(18)21(24)26/h1-7,12-13H,8-11H2. The van der Waals surface area contributed by atoms with E-state index in [0.717, 1.165) is 10.8 Å². The van der Waals surface area contributed by atoms with Crippen LogP contribution >= 0.6 is 0 Å². The Bertz CT molecular complexity index is 1260. The quantitative estimate of drug-likeness (QED) is 0.490. The number of nitrogens with zero attached hydrogens (tertiary/aromatic N) is 3. The van der Waals surface area contributed by atoms with Crippen molar-refractivity contribution in [3.8, 4) is 0 Å². The van der Waals surface area contributed by atoms with Crippen molar-refractivity contribution in [2.75, 3.05) is 26.3 Å². The first-order chi connectivity index (χ1) is 13.2. The number of fused-ring (bicyclic) bond motifs is 3. The number of morpholine rings is 1. The van der Waals surface area contributed by atoms with Gasteiger partial charge in [-0.2, -0.15) is 0 Å². The fraction of sp³-hybridized carbons (Fsp3) is 0.190. The molecule has 1 saturated heterocycles. The molecule has 1 amide bonds. The van der Waals surface area contributed by atoms with Crippen LogP contribution in [0.1, 0.15) is 10.4 Å². The summed E-state index contributed by atoms with van der Waals surface area (Å²) in [5.41, 5.74) is 1.26. The van der Waals surface area contributed by atoms with Gasteiger partial charge in [-0.1, -0.05) is 24.3 Å². The van der Waals surface area contributed by atoms with Gasteiger partial charge in [0.15, 0.2) is 5.65 Å². The number of hydrogen-bond donors (Lipinski definition) is 0. The molecule has 0 unspecified atom stereocenters. The van der Waals surface area contributed by atoms with E-state index in [1.807, 2.05) is 36.4 Å². The summed E-state index contributed by atoms with van der Waals surface area (Å²) >= 11 is 0. The number of amides is 1. The van der Waals surface area contributed by atoms with Crippen molar-refractivity contribution in [2.24, 2.45) is 0 Å². The first-order valence-electron chi connectivity index (χ1n) is 8.93. The molecular weight excluding hydrogens is 342 g/mol. The Balaban J connectivity index is 1.77. The average molecular weight is 359 g/mol. The van der Waals surface area contributed by atoms with E-state index in [-0.39, 0.29) is 11.5 Å². The summed E-state index contributed by atoms with van der Waals surface area (Å²) < 4.78 is 6.79. The van der Waals surface area contributed by atoms with Crippen molar-refractivity contribution in [1.29, 1.82) is 0 Å². The summed E-state index contributed by atoms with van der Waals surface area (Å²) in [5.74, 6) is -0.122. The summed E-state index contributed by atoms with van der Waals surface area (Å²) in [6.45, 7) is 2.14. The Hall–Kier alpha value is -3.25. The normalized spacial score (nSPS) is 14.9. The van der Waals surface area contributed by atoms with E-state index >= 15 is 0 Å². The average Bonchev–Trinajstić information content (AvgIpc) is 2.72. The molecule has 27 heavy (non-hydrogen) atoms. The monoisotopic (exact) mass is 359 g/mol. The molecule has 1 aliphatic rings. The van der Waals surface area contributed by atoms with Crippen molar-refractivity contribution in [3.05, 3.63) is 70.6 Å². The van der Waals surface area contributed by atoms with Crippen LogP contribution in [0.3, 0.4) is 0 Å². The molecule has 0 spiro atoms. The van der Waals surface area contributed by atoms with Crippen LogP contribution in [0, 0.1) is 0 Å². The number of rotatable bonds is 1. The van der Waals surface area contributed by atoms with Crippen molar-refractivity contribution < 1.29 is 9.53 Å². The molecule has 0 N–H and O–H groups in total. The van der Waals surface area contributed by atoms with Gasteiger partial charge in [0.1, 0.15) is 0 Å². The zero-order valence-corrected chi connectivity index (χ0v) is 14.6. The predicted octanol–water partition coefficient (Wildman–Crippen LogP) is 2.47. The molecule has 6 nitrogen and oxygen atoms in total. The second-order valence-electron chi connectivity index (χ2n) is 6.65. The second kappa shape index (κ2) is 6.17. The van der Waals surface area contributed by atoms with Crippen LogP contribution in [0.25, 0.3) is 27.3 Å². The number of pyridine rings is 1. The smallest absolute Gasteiger partial charge is 0.265 e. The lowest BCUT2D eigenvalue weighted by Crippen LogP contribution is -2.41. The molecule has 1 aliphatic heterocycles. The van der Waals surface area contributed by atoms with Gasteiger partial charge in [-0.15, -0.1) is 0 Å². The van der Waals surface area contributed by atoms with Gasteiger partial charge in [0.25, 0.3) is 11.5 Å². The molecule has 2 aromatic heterocycles. The fourth-order valence-electron chi connectivity index (χ4n) is 3.62. The lowest BCUT2D eigenvalue weighted by atomic mass is 10.1. The van der Waals surface area contributed by atoms with E-state index in [0.29, 0.717) is 48.4 Å². The van der Waals surface area contributed by atoms with Crippen LogP contribution < -0.4 is 5.56 Å². The third-order valence-electron chi connectivity index (χ3n) is 5.04. The van der Waals surface area contributed by atoms with Crippen LogP contribution in [0.5, 0.6) is 0 Å². The van der Waals surface area contributed by atoms with Crippen LogP contribution in [-0.2, 0) is 4.74 Å². The minimum absolute atomic E-state index is 0.122. The van der Waals surface area contributed by atoms with Gasteiger partial charge in [0.2, 0.25) is 0 Å². The van der Waals surface area contributed by atoms with E-state index < -0.39 is 0 Å². The molecule has 3 heterocycles. The highest BCUT2D eigenvalue weighted by molar-refractivity contribution is 6.02. The van der Waals surface area contributed by atoms with E-state index in [2.05, 4.69) is 4.98 Å². The van der Waals surface area contributed by atoms with Crippen molar-refractivity contribution in [3.63, 3.8) is 0 Å². The fourth-order valence-corrected chi connectivity index (χ4v) is 3.62. The Morgan fingerprint density at radius 2 is 1.74 bits per heavy atom. The highest BCUT2D eigenvalue weighted by Crippen LogP contribution is 2.21. The van der Waals surface area contributed by atoms with Crippen molar-refractivity contribution in [2.45, 2.75) is 0 Å². The summed E-state index contributed by atoms with van der Waals surface area (Å²) in [4.78, 5) is 32.5. The number of ether oxygens (including phenoxy) is 1. The molecule has 6 heteroatoms. The number of hydrogen-bond acceptors (Lipinski definition) is 4. The van der Waals surface area contributed by atoms with Gasteiger partial charge in [0.05, 0.1) is 29.7 Å². The van der Waals surface area contributed by atoms with Crippen LogP contribution in [-0.4, -0.2) is 46.5 Å². The SMILES string of the molecule is O=C(c1cccn2c(=O)c3cc4ccccc4cc3nc12)N1CCOCC1. The van der Waals surface area contributed by atoms with Gasteiger partial charge in [-0.3, -0.25) is 14.0 Å². The Labute approximate surface area is 154 Å². The van der Waals surface area contributed by atoms with Crippen molar-refractivity contribution >= 4 is 33.2 Å². The maximum absolute atomic E-state index is 13.1. The maximum Gasteiger partial charge on any atom is 0.265 e. The van der Waals surface area contributed by atoms with Gasteiger partial charge >= 0.3 is 0 Å². The second-order valence-corrected chi connectivity index (χ2v) is 6.65. The molecule has 0 bridgehead atoms. The minimum Gasteiger partial charge on any atom is -0.378 e. The van der Waals surface area contributed by atoms with Crippen LogP contribution in [0.4, 0.5) is 0 Å². The Morgan fingerprint density at radius 1 is 1.00 bits per heavy atom. The zero-order chi connectivity index (χ0) is 18.4. The first-order valence-corrected chi connectivity index (χ1v) is 8.93. The van der Waals surface area contributed by atoms with Crippen LogP contribution in [0.2, 0.25) is 0 Å². The van der Waals surface area contributed by atoms with Crippen molar-refractivity contribution in [1.82, 2.24) is 14.3 Å². The summed E-state index contributed by atoms with van der Waals surface area (Å²) in [6.07, 6.45) is 1.66. The van der Waals surface area contributed by atoms with Crippen LogP contribution in [0.15, 0.2) is 59.5 Å². The first kappa shape index (κ1) is 16.0. The molecule has 0 atom stereocenters. The molecular formula is C21H17N3O3. The van der Waals surface area contributed by atoms with E-state index in [9.17, 15) is 9.59 Å². The third-order valence-corrected chi connectivity index (χ3v) is 5.04. The maximum atomic E-state index is 13.1. The molecule has 134 valence electrons. The van der Waals surface area contributed by atoms with Gasteiger partial charge < -0.3 is 9.64 Å².